The van der Waals surface area contributed by atoms with Gasteiger partial charge in [-0.3, -0.25) is 4.98 Å². The summed E-state index contributed by atoms with van der Waals surface area (Å²) >= 11 is 0. The Bertz CT molecular complexity index is 513. The number of ether oxygens (including phenoxy) is 1. The lowest BCUT2D eigenvalue weighted by Gasteiger charge is -2.06. The van der Waals surface area contributed by atoms with E-state index in [4.69, 9.17) is 4.74 Å². The van der Waals surface area contributed by atoms with E-state index in [0.29, 0.717) is 18.7 Å². The van der Waals surface area contributed by atoms with Crippen molar-refractivity contribution < 1.29 is 15.0 Å². The number of benzene rings is 1. The highest BCUT2D eigenvalue weighted by Gasteiger charge is 2.05. The van der Waals surface area contributed by atoms with Crippen LogP contribution in [0.3, 0.4) is 0 Å². The lowest BCUT2D eigenvalue weighted by atomic mass is 10.2. The summed E-state index contributed by atoms with van der Waals surface area (Å²) in [5, 5.41) is 3.22. The lowest BCUT2D eigenvalue weighted by Crippen LogP contribution is -2.21. The Labute approximate surface area is 142 Å². The summed E-state index contributed by atoms with van der Waals surface area (Å²) in [7, 11) is 0. The van der Waals surface area contributed by atoms with Gasteiger partial charge >= 0.3 is 5.97 Å². The van der Waals surface area contributed by atoms with Crippen LogP contribution < -0.4 is 5.32 Å². The van der Waals surface area contributed by atoms with E-state index in [9.17, 15) is 4.79 Å². The number of rotatable bonds is 6. The summed E-state index contributed by atoms with van der Waals surface area (Å²) in [6, 6.07) is 13.5. The predicted octanol–water partition coefficient (Wildman–Crippen LogP) is 2.05. The second kappa shape index (κ2) is 13.0. The fraction of sp³-hybridized carbons (Fsp3) is 0.200. The Balaban J connectivity index is 0. The van der Waals surface area contributed by atoms with Crippen molar-refractivity contribution >= 4 is 30.8 Å². The number of halogens is 2. The van der Waals surface area contributed by atoms with Gasteiger partial charge in [-0.05, 0) is 17.7 Å². The topological polar surface area (TPSA) is 82.7 Å². The first kappa shape index (κ1) is 22.6. The van der Waals surface area contributed by atoms with Gasteiger partial charge in [-0.1, -0.05) is 30.3 Å². The van der Waals surface area contributed by atoms with Crippen molar-refractivity contribution in [2.24, 2.45) is 0 Å². The molecule has 7 heteroatoms. The minimum Gasteiger partial charge on any atom is -0.461 e. The number of hydrogen-bond donors (Lipinski definition) is 1. The summed E-state index contributed by atoms with van der Waals surface area (Å²) < 4.78 is 5.12. The zero-order chi connectivity index (χ0) is 13.3. The summed E-state index contributed by atoms with van der Waals surface area (Å²) in [5.41, 5.74) is 1.69. The SMILES string of the molecule is Cl.Cl.O.O=C(OCCNCc1ccccc1)c1cccnc1. The maximum atomic E-state index is 11.6. The van der Waals surface area contributed by atoms with Crippen molar-refractivity contribution in [2.45, 2.75) is 6.54 Å². The van der Waals surface area contributed by atoms with E-state index in [-0.39, 0.29) is 36.3 Å². The van der Waals surface area contributed by atoms with E-state index in [1.54, 1.807) is 18.3 Å². The maximum Gasteiger partial charge on any atom is 0.339 e. The number of nitrogens with one attached hydrogen (secondary N) is 1. The molecule has 0 spiro atoms. The monoisotopic (exact) mass is 346 g/mol. The Morgan fingerprint density at radius 3 is 2.45 bits per heavy atom. The van der Waals surface area contributed by atoms with Crippen LogP contribution in [0, 0.1) is 0 Å². The average Bonchev–Trinajstić information content (AvgIpc) is 2.49. The third kappa shape index (κ3) is 7.95. The molecule has 122 valence electrons. The van der Waals surface area contributed by atoms with Crippen LogP contribution in [0.2, 0.25) is 0 Å². The van der Waals surface area contributed by atoms with Gasteiger partial charge in [-0.2, -0.15) is 0 Å². The van der Waals surface area contributed by atoms with Gasteiger partial charge < -0.3 is 15.5 Å². The van der Waals surface area contributed by atoms with E-state index in [1.165, 1.54) is 11.8 Å². The molecule has 1 aromatic carbocycles. The number of hydrogen-bond acceptors (Lipinski definition) is 4. The number of carbonyl (C=O) groups excluding carboxylic acids is 1. The summed E-state index contributed by atoms with van der Waals surface area (Å²) in [4.78, 5) is 15.5. The fourth-order valence-electron chi connectivity index (χ4n) is 1.61. The second-order valence-corrected chi connectivity index (χ2v) is 4.04. The Kier molecular flexibility index (Phi) is 13.4. The molecule has 22 heavy (non-hydrogen) atoms. The third-order valence-electron chi connectivity index (χ3n) is 2.58. The van der Waals surface area contributed by atoms with E-state index in [1.807, 2.05) is 18.2 Å². The van der Waals surface area contributed by atoms with Gasteiger partial charge in [0.15, 0.2) is 0 Å². The smallest absolute Gasteiger partial charge is 0.339 e. The van der Waals surface area contributed by atoms with Gasteiger partial charge in [-0.25, -0.2) is 4.79 Å². The minimum atomic E-state index is -0.338. The van der Waals surface area contributed by atoms with Gasteiger partial charge in [0.1, 0.15) is 6.61 Å². The lowest BCUT2D eigenvalue weighted by molar-refractivity contribution is 0.0508. The Morgan fingerprint density at radius 2 is 1.82 bits per heavy atom. The highest BCUT2D eigenvalue weighted by molar-refractivity contribution is 5.88. The van der Waals surface area contributed by atoms with Crippen molar-refractivity contribution in [1.29, 1.82) is 0 Å². The normalized spacial score (nSPS) is 8.73. The maximum absolute atomic E-state index is 11.6. The molecule has 0 amide bonds. The zero-order valence-electron chi connectivity index (χ0n) is 11.9. The van der Waals surface area contributed by atoms with Gasteiger partial charge in [0.05, 0.1) is 5.56 Å². The van der Waals surface area contributed by atoms with Crippen LogP contribution in [0.4, 0.5) is 0 Å². The van der Waals surface area contributed by atoms with Crippen LogP contribution in [0.25, 0.3) is 0 Å². The molecule has 0 aliphatic heterocycles. The van der Waals surface area contributed by atoms with Crippen molar-refractivity contribution in [2.75, 3.05) is 13.2 Å². The minimum absolute atomic E-state index is 0. The molecular weight excluding hydrogens is 327 g/mol. The van der Waals surface area contributed by atoms with Gasteiger partial charge in [0.25, 0.3) is 0 Å². The first-order chi connectivity index (χ1) is 9.36. The van der Waals surface area contributed by atoms with Crippen LogP contribution in [0.1, 0.15) is 15.9 Å². The van der Waals surface area contributed by atoms with Crippen LogP contribution in [0.15, 0.2) is 54.9 Å². The second-order valence-electron chi connectivity index (χ2n) is 4.04. The molecule has 0 aliphatic carbocycles. The van der Waals surface area contributed by atoms with Crippen LogP contribution >= 0.6 is 24.8 Å². The van der Waals surface area contributed by atoms with Crippen molar-refractivity contribution in [3.63, 3.8) is 0 Å². The Morgan fingerprint density at radius 1 is 1.09 bits per heavy atom. The van der Waals surface area contributed by atoms with E-state index in [2.05, 4.69) is 22.4 Å². The number of esters is 1. The highest BCUT2D eigenvalue weighted by atomic mass is 35.5. The number of carbonyl (C=O) groups is 1. The molecule has 0 fully saturated rings. The fourth-order valence-corrected chi connectivity index (χ4v) is 1.61. The first-order valence-electron chi connectivity index (χ1n) is 6.18. The van der Waals surface area contributed by atoms with Gasteiger partial charge in [-0.15, -0.1) is 24.8 Å². The molecule has 0 radical (unpaired) electrons. The molecule has 0 bridgehead atoms. The molecule has 2 aromatic rings. The number of pyridine rings is 1. The van der Waals surface area contributed by atoms with Crippen molar-refractivity contribution in [1.82, 2.24) is 10.3 Å². The summed E-state index contributed by atoms with van der Waals surface area (Å²) in [6.07, 6.45) is 3.12. The van der Waals surface area contributed by atoms with Crippen LogP contribution in [-0.2, 0) is 11.3 Å². The van der Waals surface area contributed by atoms with Gasteiger partial charge in [0.2, 0.25) is 0 Å². The van der Waals surface area contributed by atoms with E-state index < -0.39 is 0 Å². The first-order valence-corrected chi connectivity index (χ1v) is 6.18. The van der Waals surface area contributed by atoms with Crippen molar-refractivity contribution in [3.8, 4) is 0 Å². The highest BCUT2D eigenvalue weighted by Crippen LogP contribution is 1.99. The number of aromatic nitrogens is 1. The standard InChI is InChI=1S/C15H16N2O2.2ClH.H2O/c18-15(14-7-4-8-16-12-14)19-10-9-17-11-13-5-2-1-3-6-13;;;/h1-8,12,17H,9-11H2;2*1H;1H2. The molecule has 1 heterocycles. The molecule has 0 atom stereocenters. The molecule has 1 aromatic heterocycles. The Hall–Kier alpha value is -1.66. The molecule has 0 aliphatic rings. The predicted molar refractivity (Wildman–Crippen MR) is 90.8 cm³/mol. The molecule has 3 N–H and O–H groups in total. The molecule has 0 saturated heterocycles. The van der Waals surface area contributed by atoms with Crippen molar-refractivity contribution in [3.05, 3.63) is 66.0 Å². The zero-order valence-corrected chi connectivity index (χ0v) is 13.5. The summed E-state index contributed by atoms with van der Waals surface area (Å²) in [6.45, 7) is 1.74. The number of nitrogens with zero attached hydrogens (tertiary/aromatic N) is 1. The van der Waals surface area contributed by atoms with E-state index >= 15 is 0 Å². The van der Waals surface area contributed by atoms with Crippen LogP contribution in [0.5, 0.6) is 0 Å². The van der Waals surface area contributed by atoms with Crippen LogP contribution in [-0.4, -0.2) is 29.6 Å². The quantitative estimate of drug-likeness (QED) is 0.640. The molecule has 0 unspecified atom stereocenters. The molecule has 0 saturated carbocycles. The molecule has 5 nitrogen and oxygen atoms in total. The van der Waals surface area contributed by atoms with Gasteiger partial charge in [0, 0.05) is 25.5 Å². The largest absolute Gasteiger partial charge is 0.461 e. The summed E-state index contributed by atoms with van der Waals surface area (Å²) in [5.74, 6) is -0.338. The third-order valence-corrected chi connectivity index (χ3v) is 2.58. The average molecular weight is 347 g/mol. The molecular formula is C15H20Cl2N2O3. The molecule has 2 rings (SSSR count). The van der Waals surface area contributed by atoms with E-state index in [0.717, 1.165) is 6.54 Å².